The van der Waals surface area contributed by atoms with E-state index >= 15 is 0 Å². The summed E-state index contributed by atoms with van der Waals surface area (Å²) in [6, 6.07) is 3.14. The Bertz CT molecular complexity index is 951. The Morgan fingerprint density at radius 1 is 1.24 bits per heavy atom. The second-order valence-corrected chi connectivity index (χ2v) is 10.3. The number of amides is 2. The number of aromatic nitrogens is 3. The summed E-state index contributed by atoms with van der Waals surface area (Å²) >= 11 is 0. The molecule has 1 aliphatic carbocycles. The first-order chi connectivity index (χ1) is 15.5. The number of anilines is 1. The summed E-state index contributed by atoms with van der Waals surface area (Å²) in [7, 11) is 1.92. The lowest BCUT2D eigenvalue weighted by atomic mass is 9.79. The lowest BCUT2D eigenvalue weighted by Gasteiger charge is -2.32. The standard InChI is InChI=1S/C25H37N5O3/c1-16-7-9-19(10-8-16)22(29-24(32)33-25(3,4)5)23(31)28-21-14-18(11-12-26-21)13-20-17(2)15-27-30(20)6/h11-12,14-16,19,22H,7-10,13H2,1-6H3,(H,29,32)(H,26,28,31). The van der Waals surface area contributed by atoms with Gasteiger partial charge in [-0.1, -0.05) is 19.8 Å². The number of carbonyl (C=O) groups excluding carboxylic acids is 2. The minimum absolute atomic E-state index is 0.0639. The third-order valence-corrected chi connectivity index (χ3v) is 6.20. The lowest BCUT2D eigenvalue weighted by Crippen LogP contribution is -2.50. The Balaban J connectivity index is 1.73. The summed E-state index contributed by atoms with van der Waals surface area (Å²) in [4.78, 5) is 30.1. The van der Waals surface area contributed by atoms with Crippen LogP contribution in [-0.4, -0.2) is 38.4 Å². The molecule has 180 valence electrons. The first kappa shape index (κ1) is 24.7. The fourth-order valence-electron chi connectivity index (χ4n) is 4.33. The van der Waals surface area contributed by atoms with Gasteiger partial charge in [-0.3, -0.25) is 9.48 Å². The predicted molar refractivity (Wildman–Crippen MR) is 128 cm³/mol. The molecule has 1 aliphatic rings. The number of ether oxygens (including phenoxy) is 1. The third kappa shape index (κ3) is 7.04. The summed E-state index contributed by atoms with van der Waals surface area (Å²) in [5.41, 5.74) is 2.62. The number of hydrogen-bond donors (Lipinski definition) is 2. The number of alkyl carbamates (subject to hydrolysis) is 1. The van der Waals surface area contributed by atoms with Crippen LogP contribution in [0.4, 0.5) is 10.6 Å². The third-order valence-electron chi connectivity index (χ3n) is 6.20. The van der Waals surface area contributed by atoms with Crippen molar-refractivity contribution in [3.8, 4) is 0 Å². The molecule has 1 fully saturated rings. The van der Waals surface area contributed by atoms with Crippen molar-refractivity contribution in [2.75, 3.05) is 5.32 Å². The summed E-state index contributed by atoms with van der Waals surface area (Å²) in [5.74, 6) is 0.911. The van der Waals surface area contributed by atoms with E-state index in [1.54, 1.807) is 6.20 Å². The van der Waals surface area contributed by atoms with Crippen LogP contribution in [0.25, 0.3) is 0 Å². The van der Waals surface area contributed by atoms with Crippen LogP contribution in [-0.2, 0) is 23.0 Å². The normalized spacial score (nSPS) is 19.6. The number of rotatable bonds is 6. The average Bonchev–Trinajstić information content (AvgIpc) is 3.04. The zero-order chi connectivity index (χ0) is 24.2. The molecule has 3 rings (SSSR count). The molecule has 8 nitrogen and oxygen atoms in total. The number of carbonyl (C=O) groups is 2. The van der Waals surface area contributed by atoms with Crippen molar-refractivity contribution in [2.24, 2.45) is 18.9 Å². The Labute approximate surface area is 196 Å². The molecule has 0 saturated heterocycles. The second kappa shape index (κ2) is 10.4. The van der Waals surface area contributed by atoms with Gasteiger partial charge in [-0.15, -0.1) is 0 Å². The van der Waals surface area contributed by atoms with Crippen molar-refractivity contribution in [1.82, 2.24) is 20.1 Å². The highest BCUT2D eigenvalue weighted by Gasteiger charge is 2.34. The molecule has 0 radical (unpaired) electrons. The first-order valence-corrected chi connectivity index (χ1v) is 11.7. The average molecular weight is 456 g/mol. The molecule has 2 aromatic rings. The highest BCUT2D eigenvalue weighted by atomic mass is 16.6. The quantitative estimate of drug-likeness (QED) is 0.674. The van der Waals surface area contributed by atoms with Crippen LogP contribution < -0.4 is 10.6 Å². The zero-order valence-electron chi connectivity index (χ0n) is 20.6. The fourth-order valence-corrected chi connectivity index (χ4v) is 4.33. The Morgan fingerprint density at radius 2 is 1.94 bits per heavy atom. The van der Waals surface area contributed by atoms with E-state index in [4.69, 9.17) is 4.74 Å². The number of nitrogens with one attached hydrogen (secondary N) is 2. The minimum atomic E-state index is -0.669. The summed E-state index contributed by atoms with van der Waals surface area (Å²) in [6.07, 6.45) is 7.52. The molecule has 33 heavy (non-hydrogen) atoms. The van der Waals surface area contributed by atoms with Gasteiger partial charge in [-0.25, -0.2) is 9.78 Å². The van der Waals surface area contributed by atoms with Crippen LogP contribution in [0.3, 0.4) is 0 Å². The van der Waals surface area contributed by atoms with Crippen molar-refractivity contribution < 1.29 is 14.3 Å². The molecule has 2 heterocycles. The second-order valence-electron chi connectivity index (χ2n) is 10.3. The van der Waals surface area contributed by atoms with Gasteiger partial charge in [-0.05, 0) is 75.6 Å². The molecule has 0 aliphatic heterocycles. The van der Waals surface area contributed by atoms with Crippen LogP contribution >= 0.6 is 0 Å². The molecule has 1 saturated carbocycles. The number of nitrogens with zero attached hydrogens (tertiary/aromatic N) is 3. The van der Waals surface area contributed by atoms with E-state index in [9.17, 15) is 9.59 Å². The molecular formula is C25H37N5O3. The van der Waals surface area contributed by atoms with E-state index in [0.717, 1.165) is 42.5 Å². The van der Waals surface area contributed by atoms with Gasteiger partial charge in [-0.2, -0.15) is 5.10 Å². The summed E-state index contributed by atoms with van der Waals surface area (Å²) in [5, 5.41) is 10.1. The largest absolute Gasteiger partial charge is 0.444 e. The summed E-state index contributed by atoms with van der Waals surface area (Å²) < 4.78 is 7.29. The van der Waals surface area contributed by atoms with Gasteiger partial charge in [0.25, 0.3) is 0 Å². The molecular weight excluding hydrogens is 418 g/mol. The summed E-state index contributed by atoms with van der Waals surface area (Å²) in [6.45, 7) is 9.69. The van der Waals surface area contributed by atoms with Crippen LogP contribution in [0.5, 0.6) is 0 Å². The molecule has 0 aromatic carbocycles. The SMILES string of the molecule is Cc1cnn(C)c1Cc1ccnc(NC(=O)C(NC(=O)OC(C)(C)C)C2CCC(C)CC2)c1. The van der Waals surface area contributed by atoms with E-state index < -0.39 is 17.7 Å². The fraction of sp³-hybridized carbons (Fsp3) is 0.600. The molecule has 0 spiro atoms. The number of aryl methyl sites for hydroxylation is 2. The molecule has 8 heteroatoms. The van der Waals surface area contributed by atoms with Crippen LogP contribution in [0.15, 0.2) is 24.5 Å². The van der Waals surface area contributed by atoms with Crippen LogP contribution in [0.2, 0.25) is 0 Å². The van der Waals surface area contributed by atoms with Gasteiger partial charge in [0.15, 0.2) is 0 Å². The van der Waals surface area contributed by atoms with E-state index in [0.29, 0.717) is 18.2 Å². The van der Waals surface area contributed by atoms with E-state index in [-0.39, 0.29) is 11.8 Å². The van der Waals surface area contributed by atoms with Gasteiger partial charge in [0.05, 0.1) is 6.20 Å². The molecule has 1 unspecified atom stereocenters. The van der Waals surface area contributed by atoms with E-state index in [1.807, 2.05) is 57.8 Å². The van der Waals surface area contributed by atoms with Gasteiger partial charge < -0.3 is 15.4 Å². The maximum Gasteiger partial charge on any atom is 0.408 e. The minimum Gasteiger partial charge on any atom is -0.444 e. The maximum absolute atomic E-state index is 13.3. The molecule has 1 atom stereocenters. The lowest BCUT2D eigenvalue weighted by molar-refractivity contribution is -0.119. The topological polar surface area (TPSA) is 98.1 Å². The van der Waals surface area contributed by atoms with Gasteiger partial charge in [0.1, 0.15) is 17.5 Å². The molecule has 2 aromatic heterocycles. The van der Waals surface area contributed by atoms with Gasteiger partial charge >= 0.3 is 6.09 Å². The van der Waals surface area contributed by atoms with Crippen molar-refractivity contribution in [3.05, 3.63) is 41.3 Å². The van der Waals surface area contributed by atoms with E-state index in [2.05, 4.69) is 27.6 Å². The predicted octanol–water partition coefficient (Wildman–Crippen LogP) is 4.37. The van der Waals surface area contributed by atoms with Crippen molar-refractivity contribution in [1.29, 1.82) is 0 Å². The van der Waals surface area contributed by atoms with Gasteiger partial charge in [0, 0.05) is 25.4 Å². The van der Waals surface area contributed by atoms with Gasteiger partial charge in [0.2, 0.25) is 5.91 Å². The maximum atomic E-state index is 13.3. The molecule has 0 bridgehead atoms. The molecule has 2 N–H and O–H groups in total. The van der Waals surface area contributed by atoms with Crippen LogP contribution in [0.1, 0.15) is 70.2 Å². The zero-order valence-corrected chi connectivity index (χ0v) is 20.6. The van der Waals surface area contributed by atoms with E-state index in [1.165, 1.54) is 0 Å². The Hall–Kier alpha value is -2.90. The van der Waals surface area contributed by atoms with Crippen molar-refractivity contribution in [3.63, 3.8) is 0 Å². The van der Waals surface area contributed by atoms with Crippen molar-refractivity contribution in [2.45, 2.75) is 78.4 Å². The van der Waals surface area contributed by atoms with Crippen molar-refractivity contribution >= 4 is 17.8 Å². The monoisotopic (exact) mass is 455 g/mol. The van der Waals surface area contributed by atoms with Crippen LogP contribution in [0, 0.1) is 18.8 Å². The first-order valence-electron chi connectivity index (χ1n) is 11.7. The number of hydrogen-bond acceptors (Lipinski definition) is 5. The Morgan fingerprint density at radius 3 is 2.55 bits per heavy atom. The highest BCUT2D eigenvalue weighted by molar-refractivity contribution is 5.96. The smallest absolute Gasteiger partial charge is 0.408 e. The molecule has 2 amide bonds. The number of pyridine rings is 1. The highest BCUT2D eigenvalue weighted by Crippen LogP contribution is 2.31. The Kier molecular flexibility index (Phi) is 7.76.